The molecule has 3 aromatic rings. The molecule has 0 fully saturated rings. The van der Waals surface area contributed by atoms with Crippen molar-refractivity contribution in [3.8, 4) is 21.8 Å². The molecule has 0 aromatic carbocycles. The Balaban J connectivity index is 1.83. The molecule has 8 heteroatoms. The van der Waals surface area contributed by atoms with Gasteiger partial charge < -0.3 is 10.6 Å². The molecule has 0 spiro atoms. The highest BCUT2D eigenvalue weighted by Gasteiger charge is 2.30. The lowest BCUT2D eigenvalue weighted by molar-refractivity contribution is -0.114. The van der Waals surface area contributed by atoms with E-state index in [4.69, 9.17) is 5.10 Å². The Morgan fingerprint density at radius 3 is 2.79 bits per heavy atom. The summed E-state index contributed by atoms with van der Waals surface area (Å²) in [5.74, 6) is 0.774. The topological polar surface area (TPSA) is 84.7 Å². The van der Waals surface area contributed by atoms with Crippen molar-refractivity contribution in [2.45, 2.75) is 53.0 Å². The summed E-state index contributed by atoms with van der Waals surface area (Å²) in [6.45, 7) is 8.77. The average molecular weight is 411 g/mol. The van der Waals surface area contributed by atoms with Crippen LogP contribution in [0.3, 0.4) is 0 Å². The molecule has 0 saturated heterocycles. The fraction of sp³-hybridized carbons (Fsp3) is 0.429. The van der Waals surface area contributed by atoms with Gasteiger partial charge in [0.25, 0.3) is 0 Å². The number of pyridine rings is 1. The molecule has 152 valence electrons. The second-order valence-electron chi connectivity index (χ2n) is 7.32. The molecular weight excluding hydrogens is 384 g/mol. The third-order valence-electron chi connectivity index (χ3n) is 5.22. The minimum atomic E-state index is -0.0979. The van der Waals surface area contributed by atoms with E-state index in [1.807, 2.05) is 12.3 Å². The molecule has 4 rings (SSSR count). The van der Waals surface area contributed by atoms with Gasteiger partial charge in [-0.1, -0.05) is 18.3 Å². The number of hydrogen-bond donors (Lipinski definition) is 2. The fourth-order valence-electron chi connectivity index (χ4n) is 3.64. The van der Waals surface area contributed by atoms with Gasteiger partial charge in [-0.05, 0) is 45.2 Å². The van der Waals surface area contributed by atoms with Gasteiger partial charge in [0.2, 0.25) is 5.91 Å². The zero-order chi connectivity index (χ0) is 20.5. The van der Waals surface area contributed by atoms with Crippen molar-refractivity contribution in [1.82, 2.24) is 19.7 Å². The van der Waals surface area contributed by atoms with Crippen molar-refractivity contribution in [3.05, 3.63) is 29.6 Å². The lowest BCUT2D eigenvalue weighted by Crippen LogP contribution is -2.10. The van der Waals surface area contributed by atoms with Crippen molar-refractivity contribution in [2.24, 2.45) is 0 Å². The predicted molar refractivity (Wildman–Crippen MR) is 117 cm³/mol. The highest BCUT2D eigenvalue weighted by molar-refractivity contribution is 7.19. The summed E-state index contributed by atoms with van der Waals surface area (Å²) in [6, 6.07) is 4.35. The first-order valence-corrected chi connectivity index (χ1v) is 10.9. The number of amides is 1. The van der Waals surface area contributed by atoms with Gasteiger partial charge in [-0.3, -0.25) is 9.48 Å². The smallest absolute Gasteiger partial charge is 0.223 e. The Morgan fingerprint density at radius 2 is 2.14 bits per heavy atom. The largest absolute Gasteiger partial charge is 0.370 e. The van der Waals surface area contributed by atoms with E-state index in [0.717, 1.165) is 59.1 Å². The van der Waals surface area contributed by atoms with Crippen LogP contribution < -0.4 is 10.6 Å². The van der Waals surface area contributed by atoms with Crippen LogP contribution in [0.4, 0.5) is 10.9 Å². The van der Waals surface area contributed by atoms with E-state index in [0.29, 0.717) is 5.13 Å². The molecule has 0 bridgehead atoms. The molecule has 1 aliphatic carbocycles. The summed E-state index contributed by atoms with van der Waals surface area (Å²) in [5, 5.41) is 11.8. The first kappa shape index (κ1) is 19.6. The van der Waals surface area contributed by atoms with Gasteiger partial charge in [-0.2, -0.15) is 5.10 Å². The maximum Gasteiger partial charge on any atom is 0.223 e. The Morgan fingerprint density at radius 1 is 1.31 bits per heavy atom. The molecule has 0 radical (unpaired) electrons. The number of fused-ring (bicyclic) bond motifs is 3. The maximum absolute atomic E-state index is 11.5. The summed E-state index contributed by atoms with van der Waals surface area (Å²) in [4.78, 5) is 21.8. The second kappa shape index (κ2) is 7.94. The Hall–Kier alpha value is -2.74. The second-order valence-corrected chi connectivity index (χ2v) is 8.32. The number of carbonyl (C=O) groups is 1. The molecule has 3 heterocycles. The van der Waals surface area contributed by atoms with Gasteiger partial charge in [-0.15, -0.1) is 0 Å². The molecule has 7 nitrogen and oxygen atoms in total. The van der Waals surface area contributed by atoms with E-state index >= 15 is 0 Å². The van der Waals surface area contributed by atoms with Gasteiger partial charge in [0.15, 0.2) is 5.13 Å². The molecule has 1 atom stereocenters. The molecule has 1 aliphatic rings. The zero-order valence-corrected chi connectivity index (χ0v) is 18.1. The molecule has 29 heavy (non-hydrogen) atoms. The van der Waals surface area contributed by atoms with Crippen molar-refractivity contribution in [3.63, 3.8) is 0 Å². The highest BCUT2D eigenvalue weighted by Crippen LogP contribution is 2.44. The Labute approximate surface area is 174 Å². The van der Waals surface area contributed by atoms with Crippen LogP contribution in [0.2, 0.25) is 0 Å². The highest BCUT2D eigenvalue weighted by atomic mass is 32.1. The average Bonchev–Trinajstić information content (AvgIpc) is 3.28. The van der Waals surface area contributed by atoms with E-state index in [-0.39, 0.29) is 11.9 Å². The number of thiazole rings is 1. The number of nitrogens with one attached hydrogen (secondary N) is 2. The number of carbonyl (C=O) groups excluding carboxylic acids is 1. The van der Waals surface area contributed by atoms with Crippen molar-refractivity contribution < 1.29 is 4.79 Å². The zero-order valence-electron chi connectivity index (χ0n) is 17.2. The van der Waals surface area contributed by atoms with Crippen LogP contribution >= 0.6 is 11.3 Å². The minimum absolute atomic E-state index is 0.0979. The monoisotopic (exact) mass is 410 g/mol. The van der Waals surface area contributed by atoms with E-state index in [1.165, 1.54) is 23.8 Å². The summed E-state index contributed by atoms with van der Waals surface area (Å²) >= 11 is 1.54. The molecule has 1 unspecified atom stereocenters. The van der Waals surface area contributed by atoms with Crippen molar-refractivity contribution >= 4 is 28.2 Å². The first-order chi connectivity index (χ1) is 14.0. The number of aryl methyl sites for hydroxylation is 1. The molecule has 0 saturated carbocycles. The van der Waals surface area contributed by atoms with E-state index < -0.39 is 0 Å². The molecule has 2 N–H and O–H groups in total. The maximum atomic E-state index is 11.5. The van der Waals surface area contributed by atoms with Gasteiger partial charge in [-0.25, -0.2) is 9.97 Å². The number of aromatic nitrogens is 4. The summed E-state index contributed by atoms with van der Waals surface area (Å²) in [7, 11) is 0. The minimum Gasteiger partial charge on any atom is -0.370 e. The molecule has 0 aliphatic heterocycles. The summed E-state index contributed by atoms with van der Waals surface area (Å²) in [5.41, 5.74) is 5.45. The standard InChI is InChI=1S/C21H26N6OS/c1-5-12(3)27-19-15(8-9-16-20(19)29-21(25-16)24-13(4)28)18(26-27)14-7-10-17(22-6-2)23-11-14/h7,10-12H,5-6,8-9H2,1-4H3,(H,22,23)(H,24,25,28). The van der Waals surface area contributed by atoms with Crippen LogP contribution in [0, 0.1) is 0 Å². The van der Waals surface area contributed by atoms with Crippen LogP contribution in [0.5, 0.6) is 0 Å². The van der Waals surface area contributed by atoms with Gasteiger partial charge in [0.1, 0.15) is 5.82 Å². The molecule has 3 aromatic heterocycles. The van der Waals surface area contributed by atoms with Gasteiger partial charge in [0.05, 0.1) is 22.0 Å². The molecular formula is C21H26N6OS. The van der Waals surface area contributed by atoms with Crippen LogP contribution in [0.1, 0.15) is 51.4 Å². The molecule has 1 amide bonds. The predicted octanol–water partition coefficient (Wildman–Crippen LogP) is 4.53. The van der Waals surface area contributed by atoms with Crippen LogP contribution in [-0.4, -0.2) is 32.2 Å². The number of hydrogen-bond acceptors (Lipinski definition) is 6. The SMILES string of the molecule is CCNc1ccc(-c2nn(C(C)CC)c3c2CCc2nc(NC(C)=O)sc2-3)cn1. The van der Waals surface area contributed by atoms with E-state index in [2.05, 4.69) is 52.1 Å². The first-order valence-electron chi connectivity index (χ1n) is 10.1. The van der Waals surface area contributed by atoms with Crippen LogP contribution in [-0.2, 0) is 17.6 Å². The lowest BCUT2D eigenvalue weighted by atomic mass is 9.95. The fourth-order valence-corrected chi connectivity index (χ4v) is 4.77. The normalized spacial score (nSPS) is 13.5. The van der Waals surface area contributed by atoms with E-state index in [9.17, 15) is 4.79 Å². The summed E-state index contributed by atoms with van der Waals surface area (Å²) in [6.07, 6.45) is 4.61. The van der Waals surface area contributed by atoms with Gasteiger partial charge >= 0.3 is 0 Å². The van der Waals surface area contributed by atoms with Crippen molar-refractivity contribution in [2.75, 3.05) is 17.2 Å². The number of nitrogens with zero attached hydrogens (tertiary/aromatic N) is 4. The summed E-state index contributed by atoms with van der Waals surface area (Å²) < 4.78 is 2.14. The quantitative estimate of drug-likeness (QED) is 0.624. The Kier molecular flexibility index (Phi) is 5.36. The number of anilines is 2. The van der Waals surface area contributed by atoms with E-state index in [1.54, 1.807) is 0 Å². The lowest BCUT2D eigenvalue weighted by Gasteiger charge is -2.17. The third kappa shape index (κ3) is 3.64. The van der Waals surface area contributed by atoms with Crippen LogP contribution in [0.15, 0.2) is 18.3 Å². The number of rotatable bonds is 6. The van der Waals surface area contributed by atoms with Gasteiger partial charge in [0, 0.05) is 36.8 Å². The van der Waals surface area contributed by atoms with Crippen LogP contribution in [0.25, 0.3) is 21.8 Å². The Bertz CT molecular complexity index is 1040. The van der Waals surface area contributed by atoms with Crippen molar-refractivity contribution in [1.29, 1.82) is 0 Å². The third-order valence-corrected chi connectivity index (χ3v) is 6.24.